The third-order valence-corrected chi connectivity index (χ3v) is 5.52. The highest BCUT2D eigenvalue weighted by atomic mass is 79.9. The molecule has 2 heteroatoms. The molecule has 1 aromatic rings. The standard InChI is InChI=1S/C24H43N.BrH/c1-4-7-8-9-10-11-12-13-14-15-19-22-24(25(5-2)6-3)23-20-17-16-18-21-23;/h16-18,20-21,24H,4-15,19,22H2,1-3H3;1H. The zero-order valence-corrected chi connectivity index (χ0v) is 19.4. The SMILES string of the molecule is Br.CCCCCCCCCCCCCC(c1ccccc1)N(CC)CC. The van der Waals surface area contributed by atoms with Gasteiger partial charge in [0.1, 0.15) is 0 Å². The van der Waals surface area contributed by atoms with Crippen LogP contribution in [0.4, 0.5) is 0 Å². The van der Waals surface area contributed by atoms with Gasteiger partial charge in [-0.2, -0.15) is 0 Å². The molecule has 1 atom stereocenters. The van der Waals surface area contributed by atoms with E-state index in [2.05, 4.69) is 56.0 Å². The Hall–Kier alpha value is -0.340. The second-order valence-electron chi connectivity index (χ2n) is 7.47. The van der Waals surface area contributed by atoms with Gasteiger partial charge in [0.05, 0.1) is 0 Å². The summed E-state index contributed by atoms with van der Waals surface area (Å²) < 4.78 is 0. The number of nitrogens with zero attached hydrogens (tertiary/aromatic N) is 1. The maximum absolute atomic E-state index is 2.62. The molecular weight excluding hydrogens is 382 g/mol. The maximum atomic E-state index is 2.62. The highest BCUT2D eigenvalue weighted by molar-refractivity contribution is 8.93. The van der Waals surface area contributed by atoms with Crippen LogP contribution < -0.4 is 0 Å². The number of hydrogen-bond acceptors (Lipinski definition) is 1. The van der Waals surface area contributed by atoms with E-state index in [0.717, 1.165) is 13.1 Å². The molecule has 0 aromatic heterocycles. The molecule has 1 aromatic carbocycles. The van der Waals surface area contributed by atoms with Crippen molar-refractivity contribution in [2.75, 3.05) is 13.1 Å². The van der Waals surface area contributed by atoms with Crippen LogP contribution in [0.15, 0.2) is 30.3 Å². The fraction of sp³-hybridized carbons (Fsp3) is 0.750. The van der Waals surface area contributed by atoms with Crippen molar-refractivity contribution in [3.05, 3.63) is 35.9 Å². The summed E-state index contributed by atoms with van der Waals surface area (Å²) >= 11 is 0. The van der Waals surface area contributed by atoms with Crippen molar-refractivity contribution < 1.29 is 0 Å². The van der Waals surface area contributed by atoms with E-state index < -0.39 is 0 Å². The van der Waals surface area contributed by atoms with Gasteiger partial charge in [-0.25, -0.2) is 0 Å². The predicted molar refractivity (Wildman–Crippen MR) is 124 cm³/mol. The zero-order valence-electron chi connectivity index (χ0n) is 17.7. The van der Waals surface area contributed by atoms with Crippen molar-refractivity contribution in [2.24, 2.45) is 0 Å². The summed E-state index contributed by atoms with van der Waals surface area (Å²) in [6, 6.07) is 11.7. The van der Waals surface area contributed by atoms with Crippen LogP contribution in [0.25, 0.3) is 0 Å². The number of hydrogen-bond donors (Lipinski definition) is 0. The lowest BCUT2D eigenvalue weighted by molar-refractivity contribution is 0.204. The highest BCUT2D eigenvalue weighted by Crippen LogP contribution is 2.26. The molecule has 152 valence electrons. The molecule has 1 unspecified atom stereocenters. The van der Waals surface area contributed by atoms with Gasteiger partial charge in [0.25, 0.3) is 0 Å². The number of benzene rings is 1. The van der Waals surface area contributed by atoms with Crippen LogP contribution in [0.3, 0.4) is 0 Å². The Morgan fingerprint density at radius 2 is 1.12 bits per heavy atom. The third kappa shape index (κ3) is 11.4. The van der Waals surface area contributed by atoms with E-state index >= 15 is 0 Å². The molecule has 1 rings (SSSR count). The summed E-state index contributed by atoms with van der Waals surface area (Å²) in [7, 11) is 0. The second-order valence-corrected chi connectivity index (χ2v) is 7.47. The summed E-state index contributed by atoms with van der Waals surface area (Å²) in [6.07, 6.45) is 17.0. The molecule has 0 saturated heterocycles. The first-order valence-electron chi connectivity index (χ1n) is 11.1. The van der Waals surface area contributed by atoms with Gasteiger partial charge < -0.3 is 0 Å². The van der Waals surface area contributed by atoms with E-state index in [1.165, 1.54) is 82.6 Å². The zero-order chi connectivity index (χ0) is 18.2. The molecule has 0 aliphatic rings. The van der Waals surface area contributed by atoms with Crippen molar-refractivity contribution in [3.8, 4) is 0 Å². The predicted octanol–water partition coefficient (Wildman–Crippen LogP) is 8.35. The van der Waals surface area contributed by atoms with Gasteiger partial charge in [0, 0.05) is 6.04 Å². The summed E-state index contributed by atoms with van der Waals surface area (Å²) in [6.45, 7) is 9.17. The fourth-order valence-corrected chi connectivity index (χ4v) is 3.90. The lowest BCUT2D eigenvalue weighted by Gasteiger charge is -2.30. The molecule has 0 spiro atoms. The van der Waals surface area contributed by atoms with Crippen molar-refractivity contribution in [1.82, 2.24) is 4.90 Å². The lowest BCUT2D eigenvalue weighted by Crippen LogP contribution is -2.28. The molecule has 0 aliphatic heterocycles. The van der Waals surface area contributed by atoms with Crippen molar-refractivity contribution in [3.63, 3.8) is 0 Å². The van der Waals surface area contributed by atoms with Crippen LogP contribution in [-0.2, 0) is 0 Å². The van der Waals surface area contributed by atoms with Gasteiger partial charge in [-0.05, 0) is 25.1 Å². The minimum absolute atomic E-state index is 0. The Morgan fingerprint density at radius 3 is 1.58 bits per heavy atom. The Bertz CT molecular complexity index is 388. The topological polar surface area (TPSA) is 3.24 Å². The molecule has 0 saturated carbocycles. The monoisotopic (exact) mass is 425 g/mol. The molecule has 1 nitrogen and oxygen atoms in total. The Kier molecular flexibility index (Phi) is 17.8. The smallest absolute Gasteiger partial charge is 0.0347 e. The molecule has 0 radical (unpaired) electrons. The van der Waals surface area contributed by atoms with Crippen LogP contribution in [0.5, 0.6) is 0 Å². The van der Waals surface area contributed by atoms with E-state index in [9.17, 15) is 0 Å². The minimum Gasteiger partial charge on any atom is -0.297 e. The minimum atomic E-state index is 0. The van der Waals surface area contributed by atoms with Crippen molar-refractivity contribution in [2.45, 2.75) is 104 Å². The number of rotatable bonds is 16. The molecule has 0 bridgehead atoms. The van der Waals surface area contributed by atoms with Gasteiger partial charge in [0.15, 0.2) is 0 Å². The Morgan fingerprint density at radius 1 is 0.654 bits per heavy atom. The first-order valence-corrected chi connectivity index (χ1v) is 11.1. The van der Waals surface area contributed by atoms with Gasteiger partial charge in [-0.3, -0.25) is 4.90 Å². The average Bonchev–Trinajstić information content (AvgIpc) is 2.66. The molecular formula is C24H44BrN. The fourth-order valence-electron chi connectivity index (χ4n) is 3.90. The molecule has 0 aliphatic carbocycles. The number of unbranched alkanes of at least 4 members (excludes halogenated alkanes) is 10. The Labute approximate surface area is 174 Å². The largest absolute Gasteiger partial charge is 0.297 e. The molecule has 0 heterocycles. The van der Waals surface area contributed by atoms with E-state index in [1.807, 2.05) is 0 Å². The quantitative estimate of drug-likeness (QED) is 0.240. The summed E-state index contributed by atoms with van der Waals surface area (Å²) in [5, 5.41) is 0. The van der Waals surface area contributed by atoms with Gasteiger partial charge in [0.2, 0.25) is 0 Å². The summed E-state index contributed by atoms with van der Waals surface area (Å²) in [5.41, 5.74) is 1.50. The number of halogens is 1. The highest BCUT2D eigenvalue weighted by Gasteiger charge is 2.16. The maximum Gasteiger partial charge on any atom is 0.0347 e. The molecule has 0 amide bonds. The normalized spacial score (nSPS) is 12.2. The van der Waals surface area contributed by atoms with Crippen LogP contribution in [0.2, 0.25) is 0 Å². The first kappa shape index (κ1) is 25.7. The van der Waals surface area contributed by atoms with Crippen molar-refractivity contribution >= 4 is 17.0 Å². The second kappa shape index (κ2) is 18.0. The Balaban J connectivity index is 0.00000625. The van der Waals surface area contributed by atoms with Crippen LogP contribution in [-0.4, -0.2) is 18.0 Å². The third-order valence-electron chi connectivity index (χ3n) is 5.52. The van der Waals surface area contributed by atoms with Crippen LogP contribution in [0, 0.1) is 0 Å². The van der Waals surface area contributed by atoms with E-state index in [-0.39, 0.29) is 17.0 Å². The van der Waals surface area contributed by atoms with E-state index in [1.54, 1.807) is 0 Å². The summed E-state index contributed by atoms with van der Waals surface area (Å²) in [5.74, 6) is 0. The van der Waals surface area contributed by atoms with Gasteiger partial charge >= 0.3 is 0 Å². The summed E-state index contributed by atoms with van der Waals surface area (Å²) in [4.78, 5) is 2.62. The van der Waals surface area contributed by atoms with Gasteiger partial charge in [-0.1, -0.05) is 122 Å². The lowest BCUT2D eigenvalue weighted by atomic mass is 9.98. The van der Waals surface area contributed by atoms with Gasteiger partial charge in [-0.15, -0.1) is 17.0 Å². The van der Waals surface area contributed by atoms with Crippen molar-refractivity contribution in [1.29, 1.82) is 0 Å². The average molecular weight is 427 g/mol. The van der Waals surface area contributed by atoms with E-state index in [4.69, 9.17) is 0 Å². The molecule has 26 heavy (non-hydrogen) atoms. The van der Waals surface area contributed by atoms with Crippen LogP contribution >= 0.6 is 17.0 Å². The van der Waals surface area contributed by atoms with Crippen LogP contribution in [0.1, 0.15) is 109 Å². The molecule has 0 fully saturated rings. The first-order chi connectivity index (χ1) is 12.3. The van der Waals surface area contributed by atoms with E-state index in [0.29, 0.717) is 6.04 Å². The molecule has 0 N–H and O–H groups in total.